The topological polar surface area (TPSA) is 20.1 Å². The molecule has 96 valence electrons. The van der Waals surface area contributed by atoms with Crippen LogP contribution in [-0.2, 0) is 0 Å². The van der Waals surface area contributed by atoms with Gasteiger partial charge in [0.2, 0.25) is 0 Å². The van der Waals surface area contributed by atoms with E-state index in [0.29, 0.717) is 0 Å². The number of benzene rings is 2. The monoisotopic (exact) mass is 251 g/mol. The second-order valence-corrected chi connectivity index (χ2v) is 5.18. The van der Waals surface area contributed by atoms with Crippen LogP contribution in [0.15, 0.2) is 48.5 Å². The summed E-state index contributed by atoms with van der Waals surface area (Å²) >= 11 is 0. The highest BCUT2D eigenvalue weighted by atomic mass is 16.2. The van der Waals surface area contributed by atoms with Crippen molar-refractivity contribution in [2.75, 3.05) is 6.54 Å². The third kappa shape index (κ3) is 2.26. The van der Waals surface area contributed by atoms with E-state index in [4.69, 9.17) is 0 Å². The number of amides is 1. The Balaban J connectivity index is 1.78. The van der Waals surface area contributed by atoms with E-state index in [2.05, 4.69) is 19.1 Å². The molecule has 2 heteroatoms. The van der Waals surface area contributed by atoms with Crippen LogP contribution >= 0.6 is 0 Å². The van der Waals surface area contributed by atoms with Crippen molar-refractivity contribution in [1.29, 1.82) is 0 Å². The van der Waals surface area contributed by atoms with Crippen LogP contribution in [0.3, 0.4) is 0 Å². The van der Waals surface area contributed by atoms with Gasteiger partial charge in [-0.2, -0.15) is 0 Å². The predicted molar refractivity (Wildman–Crippen MR) is 76.1 cm³/mol. The highest BCUT2D eigenvalue weighted by Gasteiger charge is 2.39. The average Bonchev–Trinajstić information content (AvgIpc) is 3.22. The minimum absolute atomic E-state index is 0.136. The molecule has 3 rings (SSSR count). The molecule has 1 aliphatic rings. The quantitative estimate of drug-likeness (QED) is 0.748. The average molecular weight is 251 g/mol. The van der Waals surface area contributed by atoms with Crippen molar-refractivity contribution in [3.05, 3.63) is 70.8 Å². The summed E-state index contributed by atoms with van der Waals surface area (Å²) in [6, 6.07) is 16.4. The molecular formula is C17H17NO. The summed E-state index contributed by atoms with van der Waals surface area (Å²) in [5.74, 6) is 0.136. The van der Waals surface area contributed by atoms with Gasteiger partial charge in [0, 0.05) is 12.1 Å². The standard InChI is InChI=1S/C17H17NO/c1-12-8-9-15(10-13(12)2)17(19)18-11-16(18)14-6-4-3-5-7-14/h3-10,16H,11H2,1-2H3. The maximum absolute atomic E-state index is 12.4. The van der Waals surface area contributed by atoms with Gasteiger partial charge >= 0.3 is 0 Å². The Morgan fingerprint density at radius 2 is 1.79 bits per heavy atom. The van der Waals surface area contributed by atoms with Gasteiger partial charge in [-0.3, -0.25) is 4.79 Å². The van der Waals surface area contributed by atoms with Crippen molar-refractivity contribution >= 4 is 5.91 Å². The van der Waals surface area contributed by atoms with Crippen LogP contribution in [0, 0.1) is 13.8 Å². The fourth-order valence-corrected chi connectivity index (χ4v) is 2.36. The third-order valence-corrected chi connectivity index (χ3v) is 3.81. The van der Waals surface area contributed by atoms with Crippen molar-refractivity contribution in [2.45, 2.75) is 19.9 Å². The van der Waals surface area contributed by atoms with E-state index >= 15 is 0 Å². The van der Waals surface area contributed by atoms with Crippen LogP contribution in [0.2, 0.25) is 0 Å². The maximum atomic E-state index is 12.4. The van der Waals surface area contributed by atoms with Crippen molar-refractivity contribution in [3.8, 4) is 0 Å². The molecule has 1 unspecified atom stereocenters. The molecule has 0 aliphatic carbocycles. The van der Waals surface area contributed by atoms with E-state index < -0.39 is 0 Å². The first-order valence-electron chi connectivity index (χ1n) is 6.60. The lowest BCUT2D eigenvalue weighted by Crippen LogP contribution is -2.12. The van der Waals surface area contributed by atoms with Crippen molar-refractivity contribution in [2.24, 2.45) is 0 Å². The molecule has 1 atom stereocenters. The molecular weight excluding hydrogens is 234 g/mol. The van der Waals surface area contributed by atoms with Gasteiger partial charge in [0.1, 0.15) is 0 Å². The summed E-state index contributed by atoms with van der Waals surface area (Å²) in [7, 11) is 0. The first-order chi connectivity index (χ1) is 9.16. The molecule has 0 N–H and O–H groups in total. The predicted octanol–water partition coefficient (Wildman–Crippen LogP) is 3.50. The molecule has 0 aromatic heterocycles. The Morgan fingerprint density at radius 3 is 2.47 bits per heavy atom. The van der Waals surface area contributed by atoms with Crippen molar-refractivity contribution < 1.29 is 4.79 Å². The fourth-order valence-electron chi connectivity index (χ4n) is 2.36. The summed E-state index contributed by atoms with van der Waals surface area (Å²) < 4.78 is 0. The summed E-state index contributed by atoms with van der Waals surface area (Å²) in [5, 5.41) is 0. The number of rotatable bonds is 2. The number of carbonyl (C=O) groups excluding carboxylic acids is 1. The van der Waals surface area contributed by atoms with E-state index in [1.54, 1.807) is 0 Å². The largest absolute Gasteiger partial charge is 0.327 e. The second kappa shape index (κ2) is 4.54. The van der Waals surface area contributed by atoms with Crippen LogP contribution in [0.5, 0.6) is 0 Å². The Kier molecular flexibility index (Phi) is 2.86. The first-order valence-corrected chi connectivity index (χ1v) is 6.60. The Labute approximate surface area is 113 Å². The molecule has 19 heavy (non-hydrogen) atoms. The van der Waals surface area contributed by atoms with E-state index in [1.165, 1.54) is 16.7 Å². The molecule has 0 spiro atoms. The number of hydrogen-bond donors (Lipinski definition) is 0. The highest BCUT2D eigenvalue weighted by molar-refractivity contribution is 5.96. The Morgan fingerprint density at radius 1 is 1.05 bits per heavy atom. The van der Waals surface area contributed by atoms with Crippen LogP contribution in [-0.4, -0.2) is 17.4 Å². The number of carbonyl (C=O) groups is 1. The van der Waals surface area contributed by atoms with E-state index in [0.717, 1.165) is 12.1 Å². The summed E-state index contributed by atoms with van der Waals surface area (Å²) in [5.41, 5.74) is 4.41. The first kappa shape index (κ1) is 12.0. The summed E-state index contributed by atoms with van der Waals surface area (Å²) in [6.45, 7) is 4.94. The Bertz CT molecular complexity index is 618. The van der Waals surface area contributed by atoms with Crippen LogP contribution in [0.1, 0.15) is 33.1 Å². The van der Waals surface area contributed by atoms with Crippen LogP contribution in [0.4, 0.5) is 0 Å². The molecule has 0 saturated carbocycles. The lowest BCUT2D eigenvalue weighted by Gasteiger charge is -2.07. The molecule has 1 saturated heterocycles. The molecule has 2 aromatic carbocycles. The fraction of sp³-hybridized carbons (Fsp3) is 0.235. The zero-order valence-electron chi connectivity index (χ0n) is 11.3. The molecule has 2 nitrogen and oxygen atoms in total. The number of nitrogens with zero attached hydrogens (tertiary/aromatic N) is 1. The molecule has 0 radical (unpaired) electrons. The van der Waals surface area contributed by atoms with Gasteiger partial charge in [-0.15, -0.1) is 0 Å². The van der Waals surface area contributed by atoms with Gasteiger partial charge in [-0.25, -0.2) is 0 Å². The summed E-state index contributed by atoms with van der Waals surface area (Å²) in [6.07, 6.45) is 0. The minimum Gasteiger partial charge on any atom is -0.327 e. The van der Waals surface area contributed by atoms with Crippen LogP contribution < -0.4 is 0 Å². The van der Waals surface area contributed by atoms with E-state index in [1.807, 2.05) is 48.2 Å². The molecule has 0 bridgehead atoms. The molecule has 1 fully saturated rings. The molecule has 2 aromatic rings. The normalized spacial score (nSPS) is 17.4. The van der Waals surface area contributed by atoms with Crippen molar-refractivity contribution in [3.63, 3.8) is 0 Å². The SMILES string of the molecule is Cc1ccc(C(=O)N2CC2c2ccccc2)cc1C. The lowest BCUT2D eigenvalue weighted by molar-refractivity contribution is 0.0874. The molecule has 1 aliphatic heterocycles. The van der Waals surface area contributed by atoms with Gasteiger partial charge < -0.3 is 4.90 Å². The Hall–Kier alpha value is -2.09. The number of hydrogen-bond acceptors (Lipinski definition) is 1. The van der Waals surface area contributed by atoms with Gasteiger partial charge in [0.15, 0.2) is 0 Å². The van der Waals surface area contributed by atoms with Gasteiger partial charge in [-0.1, -0.05) is 36.4 Å². The zero-order valence-corrected chi connectivity index (χ0v) is 11.3. The number of aryl methyl sites for hydroxylation is 2. The minimum atomic E-state index is 0.136. The van der Waals surface area contributed by atoms with Gasteiger partial charge in [0.05, 0.1) is 6.04 Å². The maximum Gasteiger partial charge on any atom is 0.254 e. The third-order valence-electron chi connectivity index (χ3n) is 3.81. The molecule has 1 amide bonds. The smallest absolute Gasteiger partial charge is 0.254 e. The highest BCUT2D eigenvalue weighted by Crippen LogP contribution is 2.36. The van der Waals surface area contributed by atoms with Gasteiger partial charge in [-0.05, 0) is 42.7 Å². The molecule has 1 heterocycles. The second-order valence-electron chi connectivity index (χ2n) is 5.18. The lowest BCUT2D eigenvalue weighted by atomic mass is 10.1. The summed E-state index contributed by atoms with van der Waals surface area (Å²) in [4.78, 5) is 14.3. The van der Waals surface area contributed by atoms with Crippen molar-refractivity contribution in [1.82, 2.24) is 4.90 Å². The van der Waals surface area contributed by atoms with E-state index in [9.17, 15) is 4.79 Å². The van der Waals surface area contributed by atoms with Gasteiger partial charge in [0.25, 0.3) is 5.91 Å². The zero-order chi connectivity index (χ0) is 13.4. The van der Waals surface area contributed by atoms with Crippen LogP contribution in [0.25, 0.3) is 0 Å². The van der Waals surface area contributed by atoms with E-state index in [-0.39, 0.29) is 11.9 Å².